The first-order valence-electron chi connectivity index (χ1n) is 6.07. The van der Waals surface area contributed by atoms with Crippen molar-refractivity contribution in [2.45, 2.75) is 6.54 Å². The van der Waals surface area contributed by atoms with E-state index in [-0.39, 0.29) is 11.5 Å². The summed E-state index contributed by atoms with van der Waals surface area (Å²) in [5.74, 6) is -1.43. The van der Waals surface area contributed by atoms with Gasteiger partial charge in [-0.15, -0.1) is 0 Å². The zero-order valence-electron chi connectivity index (χ0n) is 10.5. The van der Waals surface area contributed by atoms with Crippen molar-refractivity contribution in [3.8, 4) is 0 Å². The number of aromatic carboxylic acids is 1. The van der Waals surface area contributed by atoms with Gasteiger partial charge in [0.1, 0.15) is 11.5 Å². The number of carbonyl (C=O) groups is 1. The highest BCUT2D eigenvalue weighted by Crippen LogP contribution is 2.22. The Bertz CT molecular complexity index is 781. The Balaban J connectivity index is 2.16. The van der Waals surface area contributed by atoms with Crippen LogP contribution in [0.4, 0.5) is 4.39 Å². The van der Waals surface area contributed by atoms with Crippen molar-refractivity contribution in [1.82, 2.24) is 9.55 Å². The van der Waals surface area contributed by atoms with Gasteiger partial charge in [0, 0.05) is 17.1 Å². The molecule has 0 spiro atoms. The zero-order valence-corrected chi connectivity index (χ0v) is 10.5. The highest BCUT2D eigenvalue weighted by Gasteiger charge is 2.15. The number of pyridine rings is 1. The van der Waals surface area contributed by atoms with Crippen LogP contribution in [0.2, 0.25) is 0 Å². The van der Waals surface area contributed by atoms with Crippen LogP contribution in [0.25, 0.3) is 10.9 Å². The molecule has 3 aromatic rings. The summed E-state index contributed by atoms with van der Waals surface area (Å²) in [5, 5.41) is 9.85. The molecule has 0 aliphatic heterocycles. The van der Waals surface area contributed by atoms with E-state index in [1.54, 1.807) is 22.9 Å². The molecule has 0 radical (unpaired) electrons. The molecule has 100 valence electrons. The molecule has 0 aliphatic carbocycles. The molecular formula is C15H11FN2O2. The quantitative estimate of drug-likeness (QED) is 0.796. The normalized spacial score (nSPS) is 10.8. The molecule has 0 atom stereocenters. The molecular weight excluding hydrogens is 259 g/mol. The molecule has 0 unspecified atom stereocenters. The fraction of sp³-hybridized carbons (Fsp3) is 0.0667. The van der Waals surface area contributed by atoms with Gasteiger partial charge in [0.05, 0.1) is 12.2 Å². The maximum absolute atomic E-state index is 13.2. The summed E-state index contributed by atoms with van der Waals surface area (Å²) in [6.45, 7) is 0.331. The first kappa shape index (κ1) is 12.3. The van der Waals surface area contributed by atoms with Crippen molar-refractivity contribution in [2.24, 2.45) is 0 Å². The van der Waals surface area contributed by atoms with Gasteiger partial charge in [-0.3, -0.25) is 4.98 Å². The van der Waals surface area contributed by atoms with Gasteiger partial charge in [0.2, 0.25) is 0 Å². The minimum absolute atomic E-state index is 0.122. The van der Waals surface area contributed by atoms with Crippen LogP contribution in [-0.2, 0) is 6.54 Å². The number of rotatable bonds is 3. The predicted molar refractivity (Wildman–Crippen MR) is 72.2 cm³/mol. The van der Waals surface area contributed by atoms with Crippen molar-refractivity contribution in [3.63, 3.8) is 0 Å². The maximum atomic E-state index is 13.2. The van der Waals surface area contributed by atoms with Gasteiger partial charge in [0.25, 0.3) is 0 Å². The minimum atomic E-state index is -1.04. The number of aromatic nitrogens is 2. The predicted octanol–water partition coefficient (Wildman–Crippen LogP) is 2.92. The van der Waals surface area contributed by atoms with E-state index in [0.717, 1.165) is 5.69 Å². The lowest BCUT2D eigenvalue weighted by Crippen LogP contribution is -2.10. The Morgan fingerprint density at radius 3 is 2.80 bits per heavy atom. The second-order valence-corrected chi connectivity index (χ2v) is 4.45. The number of fused-ring (bicyclic) bond motifs is 1. The molecule has 0 aliphatic rings. The molecule has 0 amide bonds. The lowest BCUT2D eigenvalue weighted by Gasteiger charge is -2.07. The van der Waals surface area contributed by atoms with E-state index in [0.29, 0.717) is 17.4 Å². The molecule has 2 heterocycles. The summed E-state index contributed by atoms with van der Waals surface area (Å²) >= 11 is 0. The van der Waals surface area contributed by atoms with Crippen molar-refractivity contribution in [1.29, 1.82) is 0 Å². The fourth-order valence-corrected chi connectivity index (χ4v) is 2.24. The Labute approximate surface area is 114 Å². The third-order valence-corrected chi connectivity index (χ3v) is 3.13. The largest absolute Gasteiger partial charge is 0.477 e. The van der Waals surface area contributed by atoms with Crippen LogP contribution in [0.3, 0.4) is 0 Å². The van der Waals surface area contributed by atoms with E-state index in [9.17, 15) is 14.3 Å². The molecule has 20 heavy (non-hydrogen) atoms. The van der Waals surface area contributed by atoms with Crippen LogP contribution in [0.1, 0.15) is 16.2 Å². The van der Waals surface area contributed by atoms with Gasteiger partial charge < -0.3 is 9.67 Å². The SMILES string of the molecule is O=C(O)c1cc2cc(F)ccc2n1Cc1ccccn1. The van der Waals surface area contributed by atoms with Gasteiger partial charge in [-0.1, -0.05) is 6.07 Å². The van der Waals surface area contributed by atoms with E-state index < -0.39 is 5.97 Å². The first-order valence-corrected chi connectivity index (χ1v) is 6.07. The highest BCUT2D eigenvalue weighted by atomic mass is 19.1. The van der Waals surface area contributed by atoms with Crippen LogP contribution in [-0.4, -0.2) is 20.6 Å². The summed E-state index contributed by atoms with van der Waals surface area (Å²) in [7, 11) is 0. The summed E-state index contributed by atoms with van der Waals surface area (Å²) < 4.78 is 14.9. The first-order chi connectivity index (χ1) is 9.65. The molecule has 4 nitrogen and oxygen atoms in total. The third kappa shape index (κ3) is 2.14. The summed E-state index contributed by atoms with van der Waals surface area (Å²) in [6, 6.07) is 11.2. The molecule has 3 rings (SSSR count). The average molecular weight is 270 g/mol. The third-order valence-electron chi connectivity index (χ3n) is 3.13. The lowest BCUT2D eigenvalue weighted by atomic mass is 10.2. The molecule has 1 N–H and O–H groups in total. The molecule has 1 aromatic carbocycles. The van der Waals surface area contributed by atoms with Gasteiger partial charge >= 0.3 is 5.97 Å². The molecule has 0 fully saturated rings. The summed E-state index contributed by atoms with van der Waals surface area (Å²) in [6.07, 6.45) is 1.65. The second kappa shape index (κ2) is 4.77. The van der Waals surface area contributed by atoms with Crippen molar-refractivity contribution in [3.05, 3.63) is 65.9 Å². The van der Waals surface area contributed by atoms with E-state index in [2.05, 4.69) is 4.98 Å². The van der Waals surface area contributed by atoms with Gasteiger partial charge in [0.15, 0.2) is 0 Å². The Hall–Kier alpha value is -2.69. The lowest BCUT2D eigenvalue weighted by molar-refractivity contribution is 0.0686. The van der Waals surface area contributed by atoms with E-state index in [1.807, 2.05) is 12.1 Å². The minimum Gasteiger partial charge on any atom is -0.477 e. The number of nitrogens with zero attached hydrogens (tertiary/aromatic N) is 2. The Kier molecular flexibility index (Phi) is 2.95. The van der Waals surface area contributed by atoms with Gasteiger partial charge in [-0.05, 0) is 36.4 Å². The standard InChI is InChI=1S/C15H11FN2O2/c16-11-4-5-13-10(7-11)8-14(15(19)20)18(13)9-12-3-1-2-6-17-12/h1-8H,9H2,(H,19,20). The zero-order chi connectivity index (χ0) is 14.1. The topological polar surface area (TPSA) is 55.1 Å². The second-order valence-electron chi connectivity index (χ2n) is 4.45. The van der Waals surface area contributed by atoms with Crippen LogP contribution >= 0.6 is 0 Å². The van der Waals surface area contributed by atoms with E-state index in [1.165, 1.54) is 18.2 Å². The number of benzene rings is 1. The van der Waals surface area contributed by atoms with Crippen molar-refractivity contribution >= 4 is 16.9 Å². The number of hydrogen-bond acceptors (Lipinski definition) is 2. The Morgan fingerprint density at radius 1 is 1.25 bits per heavy atom. The highest BCUT2D eigenvalue weighted by molar-refractivity contribution is 5.94. The van der Waals surface area contributed by atoms with Crippen LogP contribution < -0.4 is 0 Å². The number of carboxylic acids is 1. The average Bonchev–Trinajstić information content (AvgIpc) is 2.78. The monoisotopic (exact) mass is 270 g/mol. The molecule has 0 bridgehead atoms. The summed E-state index contributed by atoms with van der Waals surface area (Å²) in [5.41, 5.74) is 1.54. The van der Waals surface area contributed by atoms with E-state index >= 15 is 0 Å². The molecule has 2 aromatic heterocycles. The number of hydrogen-bond donors (Lipinski definition) is 1. The maximum Gasteiger partial charge on any atom is 0.352 e. The molecule has 5 heteroatoms. The number of carboxylic acid groups (broad SMARTS) is 1. The van der Waals surface area contributed by atoms with Gasteiger partial charge in [-0.25, -0.2) is 9.18 Å². The van der Waals surface area contributed by atoms with Crippen LogP contribution in [0, 0.1) is 5.82 Å². The number of halogens is 1. The fourth-order valence-electron chi connectivity index (χ4n) is 2.24. The molecule has 0 saturated carbocycles. The van der Waals surface area contributed by atoms with Gasteiger partial charge in [-0.2, -0.15) is 0 Å². The van der Waals surface area contributed by atoms with Crippen molar-refractivity contribution in [2.75, 3.05) is 0 Å². The molecule has 0 saturated heterocycles. The smallest absolute Gasteiger partial charge is 0.352 e. The van der Waals surface area contributed by atoms with Crippen molar-refractivity contribution < 1.29 is 14.3 Å². The van der Waals surface area contributed by atoms with E-state index in [4.69, 9.17) is 0 Å². The summed E-state index contributed by atoms with van der Waals surface area (Å²) in [4.78, 5) is 15.5. The van der Waals surface area contributed by atoms with Crippen LogP contribution in [0.5, 0.6) is 0 Å². The Morgan fingerprint density at radius 2 is 2.10 bits per heavy atom. The van der Waals surface area contributed by atoms with Crippen LogP contribution in [0.15, 0.2) is 48.7 Å².